The van der Waals surface area contributed by atoms with Gasteiger partial charge >= 0.3 is 5.97 Å². The van der Waals surface area contributed by atoms with Crippen LogP contribution in [0.3, 0.4) is 0 Å². The molecule has 1 aliphatic rings. The van der Waals surface area contributed by atoms with Crippen LogP contribution in [0.1, 0.15) is 30.1 Å². The number of amides is 1. The van der Waals surface area contributed by atoms with Crippen LogP contribution in [0, 0.1) is 5.92 Å². The molecule has 136 valence electrons. The van der Waals surface area contributed by atoms with E-state index in [-0.39, 0.29) is 18.5 Å². The molecule has 6 nitrogen and oxygen atoms in total. The number of ether oxygens (including phenoxy) is 1. The molecule has 1 amide bonds. The molecule has 2 heterocycles. The summed E-state index contributed by atoms with van der Waals surface area (Å²) in [5.41, 5.74) is 2.23. The first-order valence-electron chi connectivity index (χ1n) is 8.63. The highest BCUT2D eigenvalue weighted by Gasteiger charge is 2.33. The Morgan fingerprint density at radius 3 is 2.54 bits per heavy atom. The van der Waals surface area contributed by atoms with E-state index in [2.05, 4.69) is 4.98 Å². The fourth-order valence-electron chi connectivity index (χ4n) is 3.26. The Hall–Kier alpha value is -2.89. The van der Waals surface area contributed by atoms with Gasteiger partial charge in [-0.15, -0.1) is 0 Å². The number of methoxy groups -OCH3 is 1. The van der Waals surface area contributed by atoms with Gasteiger partial charge in [-0.05, 0) is 43.5 Å². The van der Waals surface area contributed by atoms with Crippen molar-refractivity contribution in [2.24, 2.45) is 5.92 Å². The summed E-state index contributed by atoms with van der Waals surface area (Å²) in [6.45, 7) is 2.19. The largest absolute Gasteiger partial charge is 0.497 e. The SMILES string of the molecule is COc1ccc(-c2cncc(C(=O)N3CC(C(=O)O)CCC3C)c2)cc1. The van der Waals surface area contributed by atoms with Crippen molar-refractivity contribution in [1.82, 2.24) is 9.88 Å². The number of hydrogen-bond donors (Lipinski definition) is 1. The number of carbonyl (C=O) groups excluding carboxylic acids is 1. The van der Waals surface area contributed by atoms with E-state index in [0.717, 1.165) is 16.9 Å². The summed E-state index contributed by atoms with van der Waals surface area (Å²) in [6, 6.07) is 9.35. The number of carboxylic acids is 1. The van der Waals surface area contributed by atoms with E-state index < -0.39 is 11.9 Å². The Labute approximate surface area is 152 Å². The van der Waals surface area contributed by atoms with E-state index in [1.165, 1.54) is 6.20 Å². The van der Waals surface area contributed by atoms with Crippen LogP contribution in [0.15, 0.2) is 42.7 Å². The number of rotatable bonds is 4. The van der Waals surface area contributed by atoms with Crippen LogP contribution < -0.4 is 4.74 Å². The van der Waals surface area contributed by atoms with E-state index in [4.69, 9.17) is 4.74 Å². The summed E-state index contributed by atoms with van der Waals surface area (Å²) in [5, 5.41) is 9.27. The molecule has 1 fully saturated rings. The third-order valence-electron chi connectivity index (χ3n) is 4.90. The monoisotopic (exact) mass is 354 g/mol. The topological polar surface area (TPSA) is 79.7 Å². The van der Waals surface area contributed by atoms with Crippen molar-refractivity contribution >= 4 is 11.9 Å². The minimum absolute atomic E-state index is 0.0164. The van der Waals surface area contributed by atoms with E-state index in [9.17, 15) is 14.7 Å². The molecule has 1 aliphatic heterocycles. The zero-order valence-electron chi connectivity index (χ0n) is 14.9. The van der Waals surface area contributed by atoms with Crippen LogP contribution in [0.5, 0.6) is 5.75 Å². The predicted octanol–water partition coefficient (Wildman–Crippen LogP) is 3.08. The van der Waals surface area contributed by atoms with Crippen molar-refractivity contribution in [3.8, 4) is 16.9 Å². The molecule has 3 rings (SSSR count). The van der Waals surface area contributed by atoms with Crippen LogP contribution in [-0.2, 0) is 4.79 Å². The second kappa shape index (κ2) is 7.56. The van der Waals surface area contributed by atoms with Crippen LogP contribution in [-0.4, -0.2) is 46.6 Å². The van der Waals surface area contributed by atoms with Crippen LogP contribution in [0.4, 0.5) is 0 Å². The number of likely N-dealkylation sites (tertiary alicyclic amines) is 1. The number of piperidine rings is 1. The smallest absolute Gasteiger partial charge is 0.308 e. The first kappa shape index (κ1) is 17.9. The van der Waals surface area contributed by atoms with Crippen molar-refractivity contribution < 1.29 is 19.4 Å². The Balaban J connectivity index is 1.84. The lowest BCUT2D eigenvalue weighted by molar-refractivity contribution is -0.143. The van der Waals surface area contributed by atoms with Gasteiger partial charge in [0.15, 0.2) is 0 Å². The molecule has 0 bridgehead atoms. The van der Waals surface area contributed by atoms with Crippen molar-refractivity contribution in [2.75, 3.05) is 13.7 Å². The first-order chi connectivity index (χ1) is 12.5. The molecule has 2 atom stereocenters. The van der Waals surface area contributed by atoms with Crippen LogP contribution in [0.2, 0.25) is 0 Å². The molecule has 0 aliphatic carbocycles. The maximum atomic E-state index is 12.9. The number of aliphatic carboxylic acids is 1. The molecule has 1 N–H and O–H groups in total. The van der Waals surface area contributed by atoms with Gasteiger partial charge in [-0.3, -0.25) is 14.6 Å². The minimum Gasteiger partial charge on any atom is -0.497 e. The number of pyridine rings is 1. The molecule has 6 heteroatoms. The molecule has 26 heavy (non-hydrogen) atoms. The van der Waals surface area contributed by atoms with Crippen molar-refractivity contribution in [1.29, 1.82) is 0 Å². The quantitative estimate of drug-likeness (QED) is 0.913. The number of carbonyl (C=O) groups is 2. The van der Waals surface area contributed by atoms with E-state index >= 15 is 0 Å². The number of nitrogens with zero attached hydrogens (tertiary/aromatic N) is 2. The van der Waals surface area contributed by atoms with Gasteiger partial charge in [0.1, 0.15) is 5.75 Å². The minimum atomic E-state index is -0.847. The fraction of sp³-hybridized carbons (Fsp3) is 0.350. The zero-order valence-corrected chi connectivity index (χ0v) is 14.9. The van der Waals surface area contributed by atoms with Crippen molar-refractivity contribution in [3.63, 3.8) is 0 Å². The second-order valence-corrected chi connectivity index (χ2v) is 6.61. The van der Waals surface area contributed by atoms with Crippen LogP contribution in [0.25, 0.3) is 11.1 Å². The van der Waals surface area contributed by atoms with E-state index in [1.807, 2.05) is 31.2 Å². The predicted molar refractivity (Wildman–Crippen MR) is 97.1 cm³/mol. The summed E-state index contributed by atoms with van der Waals surface area (Å²) in [5.74, 6) is -0.769. The molecule has 1 saturated heterocycles. The maximum absolute atomic E-state index is 12.9. The Morgan fingerprint density at radius 1 is 1.15 bits per heavy atom. The van der Waals surface area contributed by atoms with Crippen molar-refractivity contribution in [3.05, 3.63) is 48.3 Å². The summed E-state index contributed by atoms with van der Waals surface area (Å²) in [4.78, 5) is 30.1. The van der Waals surface area contributed by atoms with Crippen molar-refractivity contribution in [2.45, 2.75) is 25.8 Å². The Kier molecular flexibility index (Phi) is 5.21. The third-order valence-corrected chi connectivity index (χ3v) is 4.90. The first-order valence-corrected chi connectivity index (χ1v) is 8.63. The number of hydrogen-bond acceptors (Lipinski definition) is 4. The van der Waals surface area contributed by atoms with Crippen LogP contribution >= 0.6 is 0 Å². The molecule has 0 radical (unpaired) electrons. The number of benzene rings is 1. The zero-order chi connectivity index (χ0) is 18.7. The van der Waals surface area contributed by atoms with Gasteiger partial charge in [-0.25, -0.2) is 0 Å². The average Bonchev–Trinajstić information content (AvgIpc) is 2.68. The molecule has 2 unspecified atom stereocenters. The molecular formula is C20H22N2O4. The lowest BCUT2D eigenvalue weighted by atomic mass is 9.93. The Morgan fingerprint density at radius 2 is 1.88 bits per heavy atom. The van der Waals surface area contributed by atoms with Gasteiger partial charge in [0.25, 0.3) is 5.91 Å². The molecule has 2 aromatic rings. The van der Waals surface area contributed by atoms with Gasteiger partial charge in [0.2, 0.25) is 0 Å². The van der Waals surface area contributed by atoms with Gasteiger partial charge in [0, 0.05) is 30.5 Å². The van der Waals surface area contributed by atoms with Gasteiger partial charge in [0.05, 0.1) is 18.6 Å². The summed E-state index contributed by atoms with van der Waals surface area (Å²) in [6.07, 6.45) is 4.53. The van der Waals surface area contributed by atoms with E-state index in [1.54, 1.807) is 24.3 Å². The number of carboxylic acid groups (broad SMARTS) is 1. The Bertz CT molecular complexity index is 804. The van der Waals surface area contributed by atoms with Gasteiger partial charge < -0.3 is 14.7 Å². The standard InChI is InChI=1S/C20H22N2O4/c1-13-3-4-15(20(24)25)12-22(13)19(23)17-9-16(10-21-11-17)14-5-7-18(26-2)8-6-14/h5-11,13,15H,3-4,12H2,1-2H3,(H,24,25). The third kappa shape index (κ3) is 3.69. The average molecular weight is 354 g/mol. The lowest BCUT2D eigenvalue weighted by Gasteiger charge is -2.36. The summed E-state index contributed by atoms with van der Waals surface area (Å²) >= 11 is 0. The fourth-order valence-corrected chi connectivity index (χ4v) is 3.26. The highest BCUT2D eigenvalue weighted by atomic mass is 16.5. The van der Waals surface area contributed by atoms with Gasteiger partial charge in [-0.2, -0.15) is 0 Å². The molecule has 0 saturated carbocycles. The normalized spacial score (nSPS) is 19.8. The lowest BCUT2D eigenvalue weighted by Crippen LogP contribution is -2.47. The summed E-state index contributed by atoms with van der Waals surface area (Å²) in [7, 11) is 1.61. The second-order valence-electron chi connectivity index (χ2n) is 6.61. The maximum Gasteiger partial charge on any atom is 0.308 e. The molecule has 0 spiro atoms. The highest BCUT2D eigenvalue weighted by Crippen LogP contribution is 2.26. The van der Waals surface area contributed by atoms with E-state index in [0.29, 0.717) is 18.4 Å². The molecule has 1 aromatic heterocycles. The molecule has 1 aromatic carbocycles. The molecular weight excluding hydrogens is 332 g/mol. The summed E-state index contributed by atoms with van der Waals surface area (Å²) < 4.78 is 5.16. The van der Waals surface area contributed by atoms with Gasteiger partial charge in [-0.1, -0.05) is 12.1 Å². The highest BCUT2D eigenvalue weighted by molar-refractivity contribution is 5.95. The number of aromatic nitrogens is 1.